The zero-order valence-corrected chi connectivity index (χ0v) is 29.4. The molecule has 3 saturated heterocycles. The van der Waals surface area contributed by atoms with E-state index in [9.17, 15) is 75.7 Å². The molecule has 0 amide bonds. The Balaban J connectivity index is 0.000000405. The van der Waals surface area contributed by atoms with Gasteiger partial charge >= 0.3 is 17.9 Å². The third-order valence-corrected chi connectivity index (χ3v) is 9.58. The van der Waals surface area contributed by atoms with Gasteiger partial charge in [-0.1, -0.05) is 20.8 Å². The molecule has 54 heavy (non-hydrogen) atoms. The number of aliphatic hydroxyl groups excluding tert-OH is 12. The molecule has 24 heteroatoms. The summed E-state index contributed by atoms with van der Waals surface area (Å²) >= 11 is 0. The van der Waals surface area contributed by atoms with E-state index in [1.807, 2.05) is 0 Å². The van der Waals surface area contributed by atoms with Gasteiger partial charge in [0.1, 0.15) is 36.6 Å². The topological polar surface area (TPSA) is 443 Å². The Morgan fingerprint density at radius 1 is 0.500 bits per heavy atom. The second-order valence-electron chi connectivity index (χ2n) is 13.6. The van der Waals surface area contributed by atoms with Gasteiger partial charge in [-0.15, -0.1) is 0 Å². The van der Waals surface area contributed by atoms with Gasteiger partial charge in [0.15, 0.2) is 0 Å². The number of carboxylic acid groups (broad SMARTS) is 3. The molecule has 3 heterocycles. The minimum absolute atomic E-state index is 0.540. The molecular formula is C30H54O24. The summed E-state index contributed by atoms with van der Waals surface area (Å²) in [6.07, 6.45) is -18.7. The minimum Gasteiger partial charge on any atom is -0.477 e. The standard InChI is InChI=1S/3C10H18O8/c3*1-4-5(12)2-10(17,9(15)16)18-8(4)7(14)6(13)3-11/h3*4-8,11-14,17H,2-3H2,1H3,(H,15,16). The molecule has 18 atom stereocenters. The van der Waals surface area contributed by atoms with Crippen LogP contribution in [0.2, 0.25) is 0 Å². The van der Waals surface area contributed by atoms with Gasteiger partial charge in [-0.25, -0.2) is 14.4 Å². The average molecular weight is 799 g/mol. The van der Waals surface area contributed by atoms with Crippen LogP contribution in [0.15, 0.2) is 0 Å². The molecule has 3 rings (SSSR count). The van der Waals surface area contributed by atoms with Gasteiger partial charge in [0, 0.05) is 37.0 Å². The minimum atomic E-state index is -2.62. The zero-order valence-electron chi connectivity index (χ0n) is 29.4. The van der Waals surface area contributed by atoms with Crippen molar-refractivity contribution in [3.63, 3.8) is 0 Å². The van der Waals surface area contributed by atoms with E-state index in [1.54, 1.807) is 0 Å². The van der Waals surface area contributed by atoms with Crippen molar-refractivity contribution in [2.24, 2.45) is 17.8 Å². The maximum Gasteiger partial charge on any atom is 0.364 e. The first-order chi connectivity index (χ1) is 24.7. The predicted molar refractivity (Wildman–Crippen MR) is 169 cm³/mol. The molecule has 3 fully saturated rings. The second-order valence-corrected chi connectivity index (χ2v) is 13.6. The molecule has 0 spiro atoms. The molecule has 0 radical (unpaired) electrons. The molecule has 0 saturated carbocycles. The highest BCUT2D eigenvalue weighted by atomic mass is 16.7. The first-order valence-electron chi connectivity index (χ1n) is 16.5. The second kappa shape index (κ2) is 20.2. The fraction of sp³-hybridized carbons (Fsp3) is 0.900. The Morgan fingerprint density at radius 3 is 0.833 bits per heavy atom. The molecule has 318 valence electrons. The molecule has 0 aromatic rings. The monoisotopic (exact) mass is 798 g/mol. The fourth-order valence-electron chi connectivity index (χ4n) is 5.74. The summed E-state index contributed by atoms with van der Waals surface area (Å²) in [5.74, 6) is -15.0. The number of hydrogen-bond acceptors (Lipinski definition) is 21. The summed E-state index contributed by atoms with van der Waals surface area (Å²) in [6, 6.07) is 0. The number of ether oxygens (including phenoxy) is 3. The maximum atomic E-state index is 10.9. The van der Waals surface area contributed by atoms with Gasteiger partial charge in [-0.05, 0) is 0 Å². The molecule has 3 aliphatic rings. The van der Waals surface area contributed by atoms with Crippen molar-refractivity contribution >= 4 is 17.9 Å². The molecular weight excluding hydrogens is 744 g/mol. The van der Waals surface area contributed by atoms with E-state index in [0.717, 1.165) is 0 Å². The van der Waals surface area contributed by atoms with Crippen LogP contribution in [0.5, 0.6) is 0 Å². The highest BCUT2D eigenvalue weighted by molar-refractivity contribution is 5.76. The van der Waals surface area contributed by atoms with Crippen LogP contribution >= 0.6 is 0 Å². The average Bonchev–Trinajstić information content (AvgIpc) is 3.11. The lowest BCUT2D eigenvalue weighted by Gasteiger charge is -2.43. The third-order valence-electron chi connectivity index (χ3n) is 9.58. The summed E-state index contributed by atoms with van der Waals surface area (Å²) in [6.45, 7) is 2.16. The molecule has 18 N–H and O–H groups in total. The molecule has 0 aliphatic carbocycles. The van der Waals surface area contributed by atoms with E-state index in [4.69, 9.17) is 44.8 Å². The number of hydrogen-bond donors (Lipinski definition) is 18. The summed E-state index contributed by atoms with van der Waals surface area (Å²) in [4.78, 5) is 32.6. The molecule has 0 aromatic carbocycles. The van der Waals surface area contributed by atoms with Crippen molar-refractivity contribution in [2.45, 2.75) is 131 Å². The molecule has 3 aliphatic heterocycles. The number of aliphatic hydroxyl groups is 15. The van der Waals surface area contributed by atoms with E-state index in [0.29, 0.717) is 0 Å². The number of carboxylic acids is 3. The van der Waals surface area contributed by atoms with Crippen LogP contribution in [0.1, 0.15) is 40.0 Å². The predicted octanol–water partition coefficient (Wildman–Crippen LogP) is -8.22. The van der Waals surface area contributed by atoms with Gasteiger partial charge in [-0.3, -0.25) is 0 Å². The Morgan fingerprint density at radius 2 is 0.685 bits per heavy atom. The van der Waals surface area contributed by atoms with Crippen molar-refractivity contribution < 1.29 is 121 Å². The Bertz CT molecular complexity index is 1070. The highest BCUT2D eigenvalue weighted by Gasteiger charge is 2.54. The zero-order chi connectivity index (χ0) is 42.3. The summed E-state index contributed by atoms with van der Waals surface area (Å²) in [5, 5.41) is 168. The van der Waals surface area contributed by atoms with Crippen LogP contribution < -0.4 is 0 Å². The van der Waals surface area contributed by atoms with E-state index in [2.05, 4.69) is 0 Å². The van der Waals surface area contributed by atoms with Gasteiger partial charge in [0.05, 0.1) is 56.4 Å². The molecule has 0 aromatic heterocycles. The largest absolute Gasteiger partial charge is 0.477 e. The van der Waals surface area contributed by atoms with E-state index >= 15 is 0 Å². The Kier molecular flexibility index (Phi) is 18.6. The van der Waals surface area contributed by atoms with Crippen molar-refractivity contribution in [3.05, 3.63) is 0 Å². The first-order valence-corrected chi connectivity index (χ1v) is 16.5. The summed E-state index contributed by atoms with van der Waals surface area (Å²) in [5.41, 5.74) is 0. The van der Waals surface area contributed by atoms with E-state index in [-0.39, 0.29) is 0 Å². The van der Waals surface area contributed by atoms with Gasteiger partial charge < -0.3 is 106 Å². The number of rotatable bonds is 12. The maximum absolute atomic E-state index is 10.9. The van der Waals surface area contributed by atoms with Gasteiger partial charge in [0.25, 0.3) is 17.4 Å². The van der Waals surface area contributed by atoms with Crippen molar-refractivity contribution in [1.82, 2.24) is 0 Å². The molecule has 18 unspecified atom stereocenters. The highest BCUT2D eigenvalue weighted by Crippen LogP contribution is 2.36. The number of carbonyl (C=O) groups is 3. The van der Waals surface area contributed by atoms with Crippen LogP contribution in [0.3, 0.4) is 0 Å². The Labute approximate surface area is 306 Å². The van der Waals surface area contributed by atoms with Crippen LogP contribution in [0.4, 0.5) is 0 Å². The Hall–Kier alpha value is -2.31. The third kappa shape index (κ3) is 11.9. The fourth-order valence-corrected chi connectivity index (χ4v) is 5.74. The lowest BCUT2D eigenvalue weighted by atomic mass is 9.85. The lowest BCUT2D eigenvalue weighted by molar-refractivity contribution is -0.302. The van der Waals surface area contributed by atoms with Crippen LogP contribution in [-0.2, 0) is 28.6 Å². The van der Waals surface area contributed by atoms with Crippen molar-refractivity contribution in [2.75, 3.05) is 19.8 Å². The summed E-state index contributed by atoms with van der Waals surface area (Å²) < 4.78 is 14.6. The van der Waals surface area contributed by atoms with Crippen molar-refractivity contribution in [3.8, 4) is 0 Å². The van der Waals surface area contributed by atoms with Crippen LogP contribution in [0.25, 0.3) is 0 Å². The lowest BCUT2D eigenvalue weighted by Crippen LogP contribution is -2.60. The first kappa shape index (κ1) is 49.7. The normalized spacial score (nSPS) is 40.2. The van der Waals surface area contributed by atoms with E-state index in [1.165, 1.54) is 20.8 Å². The molecule has 0 bridgehead atoms. The van der Waals surface area contributed by atoms with Crippen LogP contribution in [-0.4, -0.2) is 220 Å². The van der Waals surface area contributed by atoms with Gasteiger partial charge in [0.2, 0.25) is 0 Å². The SMILES string of the molecule is CC1C(O)CC(O)(C(=O)O)OC1C(O)C(O)CO.CC1C(O)CC(O)(C(=O)O)OC1C(O)C(O)CO.CC1C(O)CC(O)(C(=O)O)OC1C(O)C(O)CO. The molecule has 24 nitrogen and oxygen atoms in total. The smallest absolute Gasteiger partial charge is 0.364 e. The quantitative estimate of drug-likeness (QED) is 0.0871. The number of aliphatic carboxylic acids is 3. The van der Waals surface area contributed by atoms with Crippen LogP contribution in [0, 0.1) is 17.8 Å². The van der Waals surface area contributed by atoms with Crippen molar-refractivity contribution in [1.29, 1.82) is 0 Å². The van der Waals surface area contributed by atoms with Gasteiger partial charge in [-0.2, -0.15) is 0 Å². The van der Waals surface area contributed by atoms with E-state index < -0.39 is 165 Å². The summed E-state index contributed by atoms with van der Waals surface area (Å²) in [7, 11) is 0.